The average Bonchev–Trinajstić information content (AvgIpc) is 3.49. The van der Waals surface area contributed by atoms with Crippen molar-refractivity contribution in [1.29, 1.82) is 0 Å². The zero-order valence-corrected chi connectivity index (χ0v) is 23.0. The number of hydrogen-bond acceptors (Lipinski definition) is 3. The molecule has 4 nitrogen and oxygen atoms in total. The molecule has 234 valence electrons. The largest absolute Gasteiger partial charge is 0.450 e. The summed E-state index contributed by atoms with van der Waals surface area (Å²) in [6, 6.07) is 5.75. The second-order valence-electron chi connectivity index (χ2n) is 9.75. The number of benzene rings is 3. The van der Waals surface area contributed by atoms with Crippen LogP contribution in [0.15, 0.2) is 48.5 Å². The molecule has 44 heavy (non-hydrogen) atoms. The summed E-state index contributed by atoms with van der Waals surface area (Å²) in [7, 11) is 0. The van der Waals surface area contributed by atoms with Crippen LogP contribution in [0, 0.1) is 29.2 Å². The second-order valence-corrected chi connectivity index (χ2v) is 11.2. The Hall–Kier alpha value is -3.65. The van der Waals surface area contributed by atoms with E-state index in [9.17, 15) is 58.3 Å². The Balaban J connectivity index is 1.53. The van der Waals surface area contributed by atoms with Crippen LogP contribution >= 0.6 is 23.2 Å². The van der Waals surface area contributed by atoms with Gasteiger partial charge in [-0.05, 0) is 47.5 Å². The molecule has 0 aromatic heterocycles. The van der Waals surface area contributed by atoms with Crippen molar-refractivity contribution in [2.45, 2.75) is 35.4 Å². The van der Waals surface area contributed by atoms with E-state index < -0.39 is 104 Å². The van der Waals surface area contributed by atoms with Gasteiger partial charge in [-0.2, -0.15) is 26.3 Å². The van der Waals surface area contributed by atoms with Crippen molar-refractivity contribution < 1.29 is 58.3 Å². The first kappa shape index (κ1) is 33.2. The Morgan fingerprint density at radius 2 is 1.41 bits per heavy atom. The van der Waals surface area contributed by atoms with Gasteiger partial charge in [0.1, 0.15) is 27.6 Å². The molecule has 0 bridgehead atoms. The van der Waals surface area contributed by atoms with E-state index in [0.29, 0.717) is 18.2 Å². The molecule has 1 amide bonds. The molecule has 4 rings (SSSR count). The molecule has 2 atom stereocenters. The van der Waals surface area contributed by atoms with Crippen molar-refractivity contribution in [3.63, 3.8) is 0 Å². The van der Waals surface area contributed by atoms with Gasteiger partial charge >= 0.3 is 12.4 Å². The summed E-state index contributed by atoms with van der Waals surface area (Å²) < 4.78 is 132. The van der Waals surface area contributed by atoms with Crippen LogP contribution in [-0.2, 0) is 28.6 Å². The van der Waals surface area contributed by atoms with Crippen LogP contribution in [0.5, 0.6) is 0 Å². The van der Waals surface area contributed by atoms with E-state index in [1.807, 2.05) is 0 Å². The third kappa shape index (κ3) is 6.70. The fourth-order valence-corrected chi connectivity index (χ4v) is 5.36. The standard InChI is InChI=1S/C28H15Cl2F10NO3/c29-26(30)22(11-1-5-19(33)16(7-11)27(35,36)37)23(26)25(44)41-13-3-6-17(31)14(9-13)20(42)8-12-2-4-18(32)15(24(12)34)10-21(43)28(38,39)40/h1-7,9,22-23H,8,10H2,(H,41,44)/t22-,23+/m0/s1. The monoisotopic (exact) mass is 673 g/mol. The zero-order chi connectivity index (χ0) is 32.9. The lowest BCUT2D eigenvalue weighted by Crippen LogP contribution is -2.25. The minimum absolute atomic E-state index is 0.198. The first-order valence-corrected chi connectivity index (χ1v) is 12.9. The summed E-state index contributed by atoms with van der Waals surface area (Å²) in [5, 5.41) is 2.27. The Labute approximate surface area is 250 Å². The minimum atomic E-state index is -5.38. The number of ketones is 2. The number of halogens is 12. The lowest BCUT2D eigenvalue weighted by Gasteiger charge is -2.12. The number of anilines is 1. The Bertz CT molecular complexity index is 1670. The number of carbonyl (C=O) groups excluding carboxylic acids is 3. The number of hydrogen-bond donors (Lipinski definition) is 1. The van der Waals surface area contributed by atoms with E-state index >= 15 is 0 Å². The van der Waals surface area contributed by atoms with Gasteiger partial charge < -0.3 is 5.32 Å². The highest BCUT2D eigenvalue weighted by Crippen LogP contribution is 2.65. The number of carbonyl (C=O) groups is 3. The summed E-state index contributed by atoms with van der Waals surface area (Å²) >= 11 is 12.3. The lowest BCUT2D eigenvalue weighted by molar-refractivity contribution is -0.170. The molecular formula is C28H15Cl2F10NO3. The van der Waals surface area contributed by atoms with Gasteiger partial charge in [0, 0.05) is 30.0 Å². The lowest BCUT2D eigenvalue weighted by atomic mass is 9.97. The molecule has 0 aliphatic heterocycles. The topological polar surface area (TPSA) is 63.2 Å². The maximum atomic E-state index is 14.8. The van der Waals surface area contributed by atoms with Crippen LogP contribution in [-0.4, -0.2) is 28.0 Å². The SMILES string of the molecule is O=C(Cc1ccc(F)c(CC(=O)C(F)(F)F)c1F)c1cc(NC(=O)[C@H]2[C@H](c3ccc(F)c(C(F)(F)F)c3)C2(Cl)Cl)ccc1F. The van der Waals surface area contributed by atoms with Crippen molar-refractivity contribution in [2.75, 3.05) is 5.32 Å². The predicted molar refractivity (Wildman–Crippen MR) is 136 cm³/mol. The molecule has 0 saturated heterocycles. The fourth-order valence-electron chi connectivity index (χ4n) is 4.53. The molecule has 1 aliphatic rings. The van der Waals surface area contributed by atoms with Crippen molar-refractivity contribution >= 4 is 46.4 Å². The number of rotatable bonds is 8. The molecule has 1 fully saturated rings. The highest BCUT2D eigenvalue weighted by molar-refractivity contribution is 6.53. The quantitative estimate of drug-likeness (QED) is 0.150. The molecule has 16 heteroatoms. The van der Waals surface area contributed by atoms with E-state index in [1.165, 1.54) is 0 Å². The van der Waals surface area contributed by atoms with E-state index in [1.54, 1.807) is 0 Å². The van der Waals surface area contributed by atoms with E-state index in [0.717, 1.165) is 30.3 Å². The van der Waals surface area contributed by atoms with Gasteiger partial charge in [0.05, 0.1) is 17.0 Å². The summed E-state index contributed by atoms with van der Waals surface area (Å²) in [5.41, 5.74) is -4.67. The second kappa shape index (κ2) is 11.7. The van der Waals surface area contributed by atoms with Gasteiger partial charge in [0.15, 0.2) is 5.78 Å². The summed E-state index contributed by atoms with van der Waals surface area (Å²) in [4.78, 5) is 36.9. The molecule has 1 aliphatic carbocycles. The van der Waals surface area contributed by atoms with Gasteiger partial charge in [-0.25, -0.2) is 17.6 Å². The van der Waals surface area contributed by atoms with Gasteiger partial charge in [0.25, 0.3) is 0 Å². The maximum absolute atomic E-state index is 14.8. The van der Waals surface area contributed by atoms with Crippen LogP contribution in [0.2, 0.25) is 0 Å². The molecule has 1 N–H and O–H groups in total. The highest BCUT2D eigenvalue weighted by Gasteiger charge is 2.67. The fraction of sp³-hybridized carbons (Fsp3) is 0.250. The van der Waals surface area contributed by atoms with Crippen LogP contribution < -0.4 is 5.32 Å². The average molecular weight is 674 g/mol. The third-order valence-corrected chi connectivity index (χ3v) is 7.74. The molecule has 0 heterocycles. The molecule has 0 unspecified atom stereocenters. The molecule has 3 aromatic carbocycles. The summed E-state index contributed by atoms with van der Waals surface area (Å²) in [6.07, 6.45) is -13.1. The van der Waals surface area contributed by atoms with Gasteiger partial charge in [-0.3, -0.25) is 14.4 Å². The van der Waals surface area contributed by atoms with Crippen molar-refractivity contribution in [2.24, 2.45) is 5.92 Å². The molecule has 0 spiro atoms. The van der Waals surface area contributed by atoms with Crippen molar-refractivity contribution in [3.8, 4) is 0 Å². The van der Waals surface area contributed by atoms with Crippen LogP contribution in [0.3, 0.4) is 0 Å². The van der Waals surface area contributed by atoms with E-state index in [-0.39, 0.29) is 11.3 Å². The normalized spacial score (nSPS) is 17.7. The van der Waals surface area contributed by atoms with Crippen molar-refractivity contribution in [3.05, 3.63) is 99.6 Å². The van der Waals surface area contributed by atoms with Crippen LogP contribution in [0.25, 0.3) is 0 Å². The number of amides is 1. The molecule has 3 aromatic rings. The maximum Gasteiger partial charge on any atom is 0.450 e. The minimum Gasteiger partial charge on any atom is -0.326 e. The smallest absolute Gasteiger partial charge is 0.326 e. The molecule has 1 saturated carbocycles. The molecule has 0 radical (unpaired) electrons. The van der Waals surface area contributed by atoms with E-state index in [4.69, 9.17) is 23.2 Å². The van der Waals surface area contributed by atoms with E-state index in [2.05, 4.69) is 5.32 Å². The Morgan fingerprint density at radius 1 is 0.795 bits per heavy atom. The summed E-state index contributed by atoms with van der Waals surface area (Å²) in [5.74, 6) is -13.0. The number of Topliss-reactive ketones (excluding diaryl/α,β-unsaturated/α-hetero) is 2. The Morgan fingerprint density at radius 3 is 2.02 bits per heavy atom. The highest BCUT2D eigenvalue weighted by atomic mass is 35.5. The van der Waals surface area contributed by atoms with Gasteiger partial charge in [-0.1, -0.05) is 12.1 Å². The number of nitrogens with one attached hydrogen (secondary N) is 1. The third-order valence-electron chi connectivity index (χ3n) is 6.80. The summed E-state index contributed by atoms with van der Waals surface area (Å²) in [6.45, 7) is 0. The van der Waals surface area contributed by atoms with Crippen molar-refractivity contribution in [1.82, 2.24) is 0 Å². The first-order chi connectivity index (χ1) is 20.2. The Kier molecular flexibility index (Phi) is 8.84. The van der Waals surface area contributed by atoms with Crippen LogP contribution in [0.4, 0.5) is 49.6 Å². The number of alkyl halides is 8. The van der Waals surface area contributed by atoms with Gasteiger partial charge in [0.2, 0.25) is 11.7 Å². The zero-order valence-electron chi connectivity index (χ0n) is 21.4. The first-order valence-electron chi connectivity index (χ1n) is 12.2. The van der Waals surface area contributed by atoms with Gasteiger partial charge in [-0.15, -0.1) is 23.2 Å². The predicted octanol–water partition coefficient (Wildman–Crippen LogP) is 7.89. The molecular weight excluding hydrogens is 659 g/mol. The van der Waals surface area contributed by atoms with Crippen LogP contribution in [0.1, 0.15) is 38.5 Å².